The molecule has 452 valence electrons. The minimum atomic E-state index is 0.418. The molecule has 13 aromatic heterocycles. The van der Waals surface area contributed by atoms with E-state index >= 15 is 0 Å². The van der Waals surface area contributed by atoms with E-state index in [0.29, 0.717) is 17.5 Å². The lowest BCUT2D eigenvalue weighted by Crippen LogP contribution is -1.90. The van der Waals surface area contributed by atoms with Crippen LogP contribution in [-0.2, 0) is 0 Å². The first-order chi connectivity index (χ1) is 47.5. The maximum atomic E-state index is 6.16. The van der Waals surface area contributed by atoms with Crippen LogP contribution in [0.15, 0.2) is 313 Å². The third kappa shape index (κ3) is 10.4. The van der Waals surface area contributed by atoms with Gasteiger partial charge in [-0.3, -0.25) is 15.0 Å². The van der Waals surface area contributed by atoms with Gasteiger partial charge in [-0.2, -0.15) is 20.4 Å². The van der Waals surface area contributed by atoms with E-state index in [2.05, 4.69) is 179 Å². The molecule has 16 heteroatoms. The van der Waals surface area contributed by atoms with Crippen molar-refractivity contribution in [1.82, 2.24) is 68.6 Å². The molecule has 0 N–H and O–H groups in total. The Morgan fingerprint density at radius 2 is 0.750 bits per heavy atom. The lowest BCUT2D eigenvalue weighted by Gasteiger charge is -1.99. The van der Waals surface area contributed by atoms with Crippen molar-refractivity contribution in [3.8, 4) is 56.9 Å². The van der Waals surface area contributed by atoms with Crippen LogP contribution in [0, 0.1) is 0 Å². The molecule has 0 saturated heterocycles. The van der Waals surface area contributed by atoms with Gasteiger partial charge in [-0.1, -0.05) is 158 Å². The number of nitrogens with zero attached hydrogens (tertiary/aromatic N) is 14. The number of fused-ring (bicyclic) bond motifs is 13. The number of aromatic nitrogens is 14. The van der Waals surface area contributed by atoms with Gasteiger partial charge in [0.1, 0.15) is 22.6 Å². The molecule has 8 aromatic carbocycles. The Hall–Kier alpha value is -13.6. The van der Waals surface area contributed by atoms with Gasteiger partial charge in [0.05, 0.1) is 61.7 Å². The third-order valence-corrected chi connectivity index (χ3v) is 17.1. The summed E-state index contributed by atoms with van der Waals surface area (Å²) in [7, 11) is 0. The van der Waals surface area contributed by atoms with Crippen LogP contribution in [0.1, 0.15) is 0 Å². The fourth-order valence-corrected chi connectivity index (χ4v) is 12.3. The van der Waals surface area contributed by atoms with Crippen LogP contribution in [0.2, 0.25) is 0 Å². The highest BCUT2D eigenvalue weighted by atomic mass is 16.4. The van der Waals surface area contributed by atoms with Gasteiger partial charge in [-0.25, -0.2) is 23.0 Å². The van der Waals surface area contributed by atoms with Gasteiger partial charge in [0.25, 0.3) is 5.89 Å². The second kappa shape index (κ2) is 23.3. The monoisotopic (exact) mass is 1240 g/mol. The first-order valence-corrected chi connectivity index (χ1v) is 31.2. The van der Waals surface area contributed by atoms with Crippen molar-refractivity contribution in [2.45, 2.75) is 0 Å². The van der Waals surface area contributed by atoms with Crippen molar-refractivity contribution in [3.63, 3.8) is 0 Å². The highest BCUT2D eigenvalue weighted by Gasteiger charge is 2.17. The van der Waals surface area contributed by atoms with E-state index in [-0.39, 0.29) is 0 Å². The summed E-state index contributed by atoms with van der Waals surface area (Å²) in [6, 6.07) is 87.7. The number of rotatable bonds is 5. The average Bonchev–Trinajstić information content (AvgIpc) is 1.63. The Labute approximate surface area is 544 Å². The lowest BCUT2D eigenvalue weighted by molar-refractivity contribution is 0.581. The number of hydrogen-bond acceptors (Lipinski definition) is 12. The van der Waals surface area contributed by atoms with Crippen molar-refractivity contribution >= 4 is 109 Å². The van der Waals surface area contributed by atoms with Crippen LogP contribution in [0.5, 0.6) is 0 Å². The number of para-hydroxylation sites is 4. The fourth-order valence-electron chi connectivity index (χ4n) is 12.3. The van der Waals surface area contributed by atoms with E-state index in [1.54, 1.807) is 12.4 Å². The quantitative estimate of drug-likeness (QED) is 0.160. The Bertz CT molecular complexity index is 6120. The van der Waals surface area contributed by atoms with Gasteiger partial charge in [-0.05, 0) is 125 Å². The van der Waals surface area contributed by atoms with Crippen molar-refractivity contribution in [2.24, 2.45) is 0 Å². The topological polar surface area (TPSA) is 173 Å². The standard InChI is InChI=1S/C23H14N2O.C19H12N4O.2C19H12N4/c1-2-7-16-14-25-17(12-15(16)6-1)13-21(24-25)20-10-5-9-19-18-8-3-4-11-22(18)26-23(19)20;1-2-6-13(7-3-1)18-20-21-19(24-18)17-11-16-10-14-8-4-5-9-15(14)12-23(16)22-17;1-2-6-14-12-23-15(9-13(14)5-1)10-18(22-23)19-11-20-16-7-3-4-8-17(16)21-19;1-2-5-14-12-23-16(8-13(14)4-1)10-18(22-23)15-9-19-17(21-11-15)6-3-7-20-19/h1-14H;1-12H;2*1-12H. The van der Waals surface area contributed by atoms with Gasteiger partial charge in [0, 0.05) is 86.2 Å². The molecule has 0 amide bonds. The van der Waals surface area contributed by atoms with Gasteiger partial charge in [0.15, 0.2) is 5.69 Å². The molecule has 0 saturated carbocycles. The first kappa shape index (κ1) is 55.3. The normalized spacial score (nSPS) is 11.5. The molecule has 21 rings (SSSR count). The van der Waals surface area contributed by atoms with Gasteiger partial charge in [0.2, 0.25) is 5.89 Å². The van der Waals surface area contributed by atoms with Crippen molar-refractivity contribution in [1.29, 1.82) is 0 Å². The third-order valence-electron chi connectivity index (χ3n) is 17.1. The van der Waals surface area contributed by atoms with Gasteiger partial charge >= 0.3 is 0 Å². The van der Waals surface area contributed by atoms with Crippen molar-refractivity contribution in [2.75, 3.05) is 0 Å². The molecule has 0 bridgehead atoms. The first-order valence-electron chi connectivity index (χ1n) is 31.2. The number of benzene rings is 8. The zero-order chi connectivity index (χ0) is 63.5. The Morgan fingerprint density at radius 1 is 0.281 bits per heavy atom. The van der Waals surface area contributed by atoms with Crippen LogP contribution >= 0.6 is 0 Å². The van der Waals surface area contributed by atoms with Crippen molar-refractivity contribution < 1.29 is 8.83 Å². The predicted octanol–water partition coefficient (Wildman–Crippen LogP) is 18.5. The molecule has 0 aliphatic heterocycles. The van der Waals surface area contributed by atoms with E-state index < -0.39 is 0 Å². The Morgan fingerprint density at radius 3 is 1.40 bits per heavy atom. The van der Waals surface area contributed by atoms with E-state index in [0.717, 1.165) is 111 Å². The summed E-state index contributed by atoms with van der Waals surface area (Å²) < 4.78 is 19.5. The zero-order valence-electron chi connectivity index (χ0n) is 50.9. The molecule has 21 aromatic rings. The molecule has 16 nitrogen and oxygen atoms in total. The molecule has 0 unspecified atom stereocenters. The summed E-state index contributed by atoms with van der Waals surface area (Å²) in [5.74, 6) is 0.912. The second-order valence-corrected chi connectivity index (χ2v) is 23.3. The summed E-state index contributed by atoms with van der Waals surface area (Å²) >= 11 is 0. The lowest BCUT2D eigenvalue weighted by atomic mass is 10.1. The summed E-state index contributed by atoms with van der Waals surface area (Å²) in [4.78, 5) is 18.0. The van der Waals surface area contributed by atoms with E-state index in [1.165, 1.54) is 37.7 Å². The van der Waals surface area contributed by atoms with Crippen LogP contribution in [-0.4, -0.2) is 68.6 Å². The summed E-state index contributed by atoms with van der Waals surface area (Å²) in [5, 5.41) is 38.7. The average molecular weight is 1240 g/mol. The van der Waals surface area contributed by atoms with Crippen LogP contribution in [0.4, 0.5) is 0 Å². The second-order valence-electron chi connectivity index (χ2n) is 23.3. The molecule has 0 radical (unpaired) electrons. The van der Waals surface area contributed by atoms with E-state index in [1.807, 2.05) is 176 Å². The van der Waals surface area contributed by atoms with E-state index in [9.17, 15) is 0 Å². The maximum absolute atomic E-state index is 6.16. The molecule has 0 atom stereocenters. The summed E-state index contributed by atoms with van der Waals surface area (Å²) in [5.41, 5.74) is 16.5. The molecule has 0 fully saturated rings. The summed E-state index contributed by atoms with van der Waals surface area (Å²) in [6.45, 7) is 0. The SMILES string of the molecule is c1ccc(-c2nnc(-c3cc4cc5ccccc5cn4n3)o2)cc1.c1ccc2cn3nc(-c4cccc5c4oc4ccccc45)cc3cc2c1.c1ccc2cn3nc(-c4cnc5ccccc5n4)cc3cc2c1.c1ccc2cn3nc(-c4cnc5cccnc5c4)cc3cc2c1. The zero-order valence-corrected chi connectivity index (χ0v) is 50.9. The highest BCUT2D eigenvalue weighted by Crippen LogP contribution is 2.36. The predicted molar refractivity (Wildman–Crippen MR) is 379 cm³/mol. The molecule has 0 spiro atoms. The minimum Gasteiger partial charge on any atom is -0.455 e. The Balaban J connectivity index is 0.0000000935. The number of hydrogen-bond donors (Lipinski definition) is 0. The van der Waals surface area contributed by atoms with Gasteiger partial charge < -0.3 is 8.83 Å². The maximum Gasteiger partial charge on any atom is 0.268 e. The molecule has 0 aliphatic carbocycles. The largest absolute Gasteiger partial charge is 0.455 e. The highest BCUT2D eigenvalue weighted by molar-refractivity contribution is 6.09. The van der Waals surface area contributed by atoms with Crippen LogP contribution in [0.25, 0.3) is 166 Å². The van der Waals surface area contributed by atoms with E-state index in [4.69, 9.17) is 13.9 Å². The van der Waals surface area contributed by atoms with Crippen LogP contribution < -0.4 is 0 Å². The molecular weight excluding hydrogens is 1190 g/mol. The smallest absolute Gasteiger partial charge is 0.268 e. The summed E-state index contributed by atoms with van der Waals surface area (Å²) in [6.07, 6.45) is 13.6. The Kier molecular flexibility index (Phi) is 13.4. The van der Waals surface area contributed by atoms with Gasteiger partial charge in [-0.15, -0.1) is 10.2 Å². The molecular formula is C80H50N14O2. The molecule has 13 heterocycles. The number of pyridine rings is 6. The number of furan rings is 1. The molecule has 96 heavy (non-hydrogen) atoms. The van der Waals surface area contributed by atoms with Crippen molar-refractivity contribution in [3.05, 3.63) is 304 Å². The minimum absolute atomic E-state index is 0.418. The fraction of sp³-hybridized carbons (Fsp3) is 0. The molecule has 0 aliphatic rings. The van der Waals surface area contributed by atoms with Crippen LogP contribution in [0.3, 0.4) is 0 Å².